The first-order chi connectivity index (χ1) is 14.0. The maximum Gasteiger partial charge on any atom is 0.330 e. The number of hydrogen-bond donors (Lipinski definition) is 2. The van der Waals surface area contributed by atoms with E-state index in [1.807, 2.05) is 17.5 Å². The minimum atomic E-state index is -0.584. The number of nitrogens with one attached hydrogen (secondary N) is 2. The van der Waals surface area contributed by atoms with Crippen molar-refractivity contribution in [2.75, 3.05) is 13.2 Å². The Morgan fingerprint density at radius 1 is 1.38 bits per heavy atom. The van der Waals surface area contributed by atoms with E-state index >= 15 is 0 Å². The number of amides is 1. The summed E-state index contributed by atoms with van der Waals surface area (Å²) in [4.78, 5) is 50.4. The molecule has 2 atom stereocenters. The van der Waals surface area contributed by atoms with Crippen LogP contribution in [0.25, 0.3) is 10.4 Å². The number of thiophene rings is 1. The summed E-state index contributed by atoms with van der Waals surface area (Å²) in [6, 6.07) is 3.64. The fourth-order valence-corrected chi connectivity index (χ4v) is 3.69. The summed E-state index contributed by atoms with van der Waals surface area (Å²) in [5.41, 5.74) is -0.574. The van der Waals surface area contributed by atoms with Crippen molar-refractivity contribution in [1.29, 1.82) is 0 Å². The van der Waals surface area contributed by atoms with Crippen LogP contribution in [0, 0.1) is 0 Å². The smallest absolute Gasteiger partial charge is 0.330 e. The maximum atomic E-state index is 12.2. The number of aromatic nitrogens is 2. The summed E-state index contributed by atoms with van der Waals surface area (Å²) >= 11 is 1.41. The Morgan fingerprint density at radius 2 is 2.21 bits per heavy atom. The Kier molecular flexibility index (Phi) is 6.78. The molecule has 9 nitrogen and oxygen atoms in total. The molecule has 0 bridgehead atoms. The Balaban J connectivity index is 1.61. The van der Waals surface area contributed by atoms with Crippen molar-refractivity contribution < 1.29 is 19.1 Å². The fraction of sp³-hybridized carbons (Fsp3) is 0.368. The van der Waals surface area contributed by atoms with Crippen molar-refractivity contribution in [3.63, 3.8) is 0 Å². The van der Waals surface area contributed by atoms with Crippen LogP contribution in [-0.4, -0.2) is 40.7 Å². The third-order valence-electron chi connectivity index (χ3n) is 4.31. The second kappa shape index (κ2) is 9.48. The second-order valence-corrected chi connectivity index (χ2v) is 7.25. The molecule has 2 aromatic heterocycles. The quantitative estimate of drug-likeness (QED) is 0.514. The molecular formula is C19H21N3O6S. The molecule has 3 rings (SSSR count). The first-order valence-corrected chi connectivity index (χ1v) is 10.0. The van der Waals surface area contributed by atoms with Gasteiger partial charge in [-0.15, -0.1) is 11.3 Å². The van der Waals surface area contributed by atoms with Crippen molar-refractivity contribution in [3.05, 3.63) is 56.7 Å². The van der Waals surface area contributed by atoms with Gasteiger partial charge in [-0.2, -0.15) is 0 Å². The Bertz CT molecular complexity index is 1010. The summed E-state index contributed by atoms with van der Waals surface area (Å²) in [6.45, 7) is 2.15. The minimum Gasteiger partial charge on any atom is -0.463 e. The van der Waals surface area contributed by atoms with E-state index in [-0.39, 0.29) is 19.3 Å². The highest BCUT2D eigenvalue weighted by molar-refractivity contribution is 7.13. The van der Waals surface area contributed by atoms with E-state index in [1.54, 1.807) is 6.92 Å². The molecule has 0 saturated carbocycles. The van der Waals surface area contributed by atoms with Gasteiger partial charge in [0.2, 0.25) is 5.91 Å². The van der Waals surface area contributed by atoms with Gasteiger partial charge in [0, 0.05) is 29.8 Å². The molecule has 0 spiro atoms. The molecule has 0 aliphatic carbocycles. The number of carbonyl (C=O) groups is 2. The van der Waals surface area contributed by atoms with Crippen molar-refractivity contribution in [3.8, 4) is 10.4 Å². The molecule has 1 saturated heterocycles. The number of hydrogen-bond acceptors (Lipinski definition) is 7. The third-order valence-corrected chi connectivity index (χ3v) is 5.21. The molecule has 0 radical (unpaired) electrons. The van der Waals surface area contributed by atoms with Crippen LogP contribution in [0.3, 0.4) is 0 Å². The van der Waals surface area contributed by atoms with E-state index in [9.17, 15) is 19.2 Å². The summed E-state index contributed by atoms with van der Waals surface area (Å²) in [7, 11) is 0. The lowest BCUT2D eigenvalue weighted by Gasteiger charge is -2.16. The lowest BCUT2D eigenvalue weighted by molar-refractivity contribution is -0.137. The van der Waals surface area contributed by atoms with Gasteiger partial charge in [-0.1, -0.05) is 6.07 Å². The fourth-order valence-electron chi connectivity index (χ4n) is 2.96. The van der Waals surface area contributed by atoms with Crippen LogP contribution >= 0.6 is 11.3 Å². The molecule has 1 fully saturated rings. The van der Waals surface area contributed by atoms with Gasteiger partial charge in [-0.05, 0) is 31.2 Å². The maximum absolute atomic E-state index is 12.2. The summed E-state index contributed by atoms with van der Waals surface area (Å²) in [5.74, 6) is -1.02. The topological polar surface area (TPSA) is 119 Å². The van der Waals surface area contributed by atoms with E-state index in [0.717, 1.165) is 17.0 Å². The normalized spacial score (nSPS) is 18.8. The average Bonchev–Trinajstić information content (AvgIpc) is 3.37. The number of aromatic amines is 1. The van der Waals surface area contributed by atoms with Crippen molar-refractivity contribution in [1.82, 2.24) is 14.9 Å². The molecule has 1 amide bonds. The van der Waals surface area contributed by atoms with Crippen LogP contribution in [-0.2, 0) is 19.1 Å². The molecule has 10 heteroatoms. The van der Waals surface area contributed by atoms with Crippen molar-refractivity contribution in [2.24, 2.45) is 0 Å². The van der Waals surface area contributed by atoms with E-state index < -0.39 is 29.4 Å². The van der Waals surface area contributed by atoms with Crippen molar-refractivity contribution >= 4 is 23.2 Å². The van der Waals surface area contributed by atoms with Gasteiger partial charge in [-0.25, -0.2) is 9.59 Å². The predicted octanol–water partition coefficient (Wildman–Crippen LogP) is 1.18. The Morgan fingerprint density at radius 3 is 2.93 bits per heavy atom. The molecular weight excluding hydrogens is 398 g/mol. The molecule has 1 aliphatic heterocycles. The monoisotopic (exact) mass is 419 g/mol. The predicted molar refractivity (Wildman–Crippen MR) is 107 cm³/mol. The van der Waals surface area contributed by atoms with Crippen LogP contribution < -0.4 is 16.6 Å². The van der Waals surface area contributed by atoms with Crippen LogP contribution in [0.1, 0.15) is 26.0 Å². The van der Waals surface area contributed by atoms with Crippen molar-refractivity contribution in [2.45, 2.75) is 32.1 Å². The highest BCUT2D eigenvalue weighted by Crippen LogP contribution is 2.28. The first-order valence-electron chi connectivity index (χ1n) is 9.15. The molecule has 29 heavy (non-hydrogen) atoms. The SMILES string of the molecule is CCOC(=O)/C=C/C(=O)NC[C@@H]1CC[C@H](n2cc(-c3cccs3)c(=O)[nH]c2=O)O1. The number of H-pyrrole nitrogens is 1. The lowest BCUT2D eigenvalue weighted by Crippen LogP contribution is -2.34. The van der Waals surface area contributed by atoms with E-state index in [1.165, 1.54) is 22.1 Å². The zero-order valence-corrected chi connectivity index (χ0v) is 16.6. The van der Waals surface area contributed by atoms with Gasteiger partial charge < -0.3 is 14.8 Å². The van der Waals surface area contributed by atoms with Gasteiger partial charge in [0.25, 0.3) is 5.56 Å². The minimum absolute atomic E-state index is 0.235. The Hall–Kier alpha value is -2.98. The number of esters is 1. The zero-order chi connectivity index (χ0) is 20.8. The Labute approximate surface area is 170 Å². The first kappa shape index (κ1) is 20.7. The van der Waals surface area contributed by atoms with Gasteiger partial charge in [0.05, 0.1) is 18.3 Å². The summed E-state index contributed by atoms with van der Waals surface area (Å²) in [6.07, 6.45) is 4.05. The third kappa shape index (κ3) is 5.30. The van der Waals surface area contributed by atoms with Gasteiger partial charge in [0.1, 0.15) is 6.23 Å². The number of ether oxygens (including phenoxy) is 2. The average molecular weight is 419 g/mol. The highest BCUT2D eigenvalue weighted by Gasteiger charge is 2.28. The van der Waals surface area contributed by atoms with Crippen LogP contribution in [0.2, 0.25) is 0 Å². The van der Waals surface area contributed by atoms with Crippen LogP contribution in [0.15, 0.2) is 45.5 Å². The van der Waals surface area contributed by atoms with E-state index in [2.05, 4.69) is 10.3 Å². The molecule has 154 valence electrons. The summed E-state index contributed by atoms with van der Waals surface area (Å²) in [5, 5.41) is 4.50. The van der Waals surface area contributed by atoms with E-state index in [4.69, 9.17) is 9.47 Å². The van der Waals surface area contributed by atoms with Crippen LogP contribution in [0.5, 0.6) is 0 Å². The number of rotatable bonds is 7. The molecule has 2 N–H and O–H groups in total. The lowest BCUT2D eigenvalue weighted by atomic mass is 10.2. The number of carbonyl (C=O) groups excluding carboxylic acids is 2. The molecule has 3 heterocycles. The standard InChI is InChI=1S/C19H21N3O6S/c1-2-27-17(24)8-6-15(23)20-10-12-5-7-16(28-12)22-11-13(14-4-3-9-29-14)18(25)21-19(22)26/h3-4,6,8-9,11-12,16H,2,5,7,10H2,1H3,(H,20,23)(H,21,25,26)/b8-6+/t12-,16+/m0/s1. The zero-order valence-electron chi connectivity index (χ0n) is 15.8. The largest absolute Gasteiger partial charge is 0.463 e. The molecule has 1 aliphatic rings. The van der Waals surface area contributed by atoms with Crippen LogP contribution in [0.4, 0.5) is 0 Å². The van der Waals surface area contributed by atoms with Gasteiger partial charge in [-0.3, -0.25) is 19.1 Å². The van der Waals surface area contributed by atoms with Gasteiger partial charge >= 0.3 is 11.7 Å². The van der Waals surface area contributed by atoms with E-state index in [0.29, 0.717) is 18.4 Å². The number of nitrogens with zero attached hydrogens (tertiary/aromatic N) is 1. The molecule has 2 aromatic rings. The highest BCUT2D eigenvalue weighted by atomic mass is 32.1. The second-order valence-electron chi connectivity index (χ2n) is 6.31. The molecule has 0 unspecified atom stereocenters. The molecule has 0 aromatic carbocycles. The summed E-state index contributed by atoms with van der Waals surface area (Å²) < 4.78 is 11.9. The van der Waals surface area contributed by atoms with Gasteiger partial charge in [0.15, 0.2) is 0 Å².